The van der Waals surface area contributed by atoms with Crippen molar-refractivity contribution in [3.05, 3.63) is 83.8 Å². The molecule has 0 aliphatic carbocycles. The summed E-state index contributed by atoms with van der Waals surface area (Å²) in [4.78, 5) is 19.5. The smallest absolute Gasteiger partial charge is 0.423 e. The maximum atomic E-state index is 13.5. The van der Waals surface area contributed by atoms with Crippen molar-refractivity contribution in [2.24, 2.45) is 0 Å². The quantitative estimate of drug-likeness (QED) is 0.340. The minimum atomic E-state index is -1.53. The molecule has 2 aromatic carbocycles. The highest BCUT2D eigenvalue weighted by Crippen LogP contribution is 2.23. The van der Waals surface area contributed by atoms with Gasteiger partial charge in [-0.2, -0.15) is 0 Å². The largest absolute Gasteiger partial charge is 0.488 e. The molecule has 1 saturated heterocycles. The molecule has 1 aliphatic rings. The monoisotopic (exact) mass is 479 g/mol. The van der Waals surface area contributed by atoms with Crippen molar-refractivity contribution in [1.82, 2.24) is 10.3 Å². The molecular weight excluding hydrogens is 452 g/mol. The highest BCUT2D eigenvalue weighted by Gasteiger charge is 2.23. The van der Waals surface area contributed by atoms with Gasteiger partial charge >= 0.3 is 7.12 Å². The molecule has 34 heavy (non-hydrogen) atoms. The lowest BCUT2D eigenvalue weighted by atomic mass is 9.77. The molecule has 9 heteroatoms. The number of hydrogen-bond donors (Lipinski definition) is 3. The van der Waals surface area contributed by atoms with Crippen molar-refractivity contribution in [2.75, 3.05) is 18.0 Å². The second-order valence-corrected chi connectivity index (χ2v) is 9.28. The first kappa shape index (κ1) is 24.4. The third-order valence-corrected chi connectivity index (χ3v) is 6.88. The van der Waals surface area contributed by atoms with Crippen LogP contribution in [0, 0.1) is 5.82 Å². The predicted octanol–water partition coefficient (Wildman–Crippen LogP) is 2.98. The first-order chi connectivity index (χ1) is 16.5. The molecule has 3 N–H and O–H groups in total. The maximum Gasteiger partial charge on any atom is 0.488 e. The number of anilines is 1. The number of halogens is 1. The Morgan fingerprint density at radius 3 is 2.59 bits per heavy atom. The van der Waals surface area contributed by atoms with E-state index in [0.717, 1.165) is 36.4 Å². The fourth-order valence-electron chi connectivity index (χ4n) is 4.04. The molecule has 6 nitrogen and oxygen atoms in total. The van der Waals surface area contributed by atoms with Crippen molar-refractivity contribution in [1.29, 1.82) is 0 Å². The molecule has 1 aliphatic heterocycles. The zero-order chi connectivity index (χ0) is 23.9. The SMILES string of the molecule is O=C(c1ccc(SCc2ccccc2B(O)O)nc1)N(CC1CCCCN1)c1ccc(F)cc1. The Balaban J connectivity index is 1.47. The first-order valence-electron chi connectivity index (χ1n) is 11.3. The number of benzene rings is 2. The standard InChI is InChI=1S/C25H27BFN3O3S/c27-20-9-11-22(12-10-20)30(16-21-6-3-4-14-28-21)25(31)18-8-13-24(29-15-18)34-17-19-5-1-2-7-23(19)26(32)33/h1-2,5,7-13,15,21,28,32-33H,3-4,6,14,16-17H2. The molecule has 3 aromatic rings. The molecule has 176 valence electrons. The highest BCUT2D eigenvalue weighted by atomic mass is 32.2. The van der Waals surface area contributed by atoms with Gasteiger partial charge in [-0.05, 0) is 66.8 Å². The second-order valence-electron chi connectivity index (χ2n) is 8.29. The van der Waals surface area contributed by atoms with Gasteiger partial charge in [0.05, 0.1) is 10.6 Å². The molecule has 0 bridgehead atoms. The van der Waals surface area contributed by atoms with E-state index in [2.05, 4.69) is 10.3 Å². The van der Waals surface area contributed by atoms with Crippen molar-refractivity contribution in [3.8, 4) is 0 Å². The lowest BCUT2D eigenvalue weighted by Gasteiger charge is -2.31. The van der Waals surface area contributed by atoms with Gasteiger partial charge in [0.25, 0.3) is 5.91 Å². The van der Waals surface area contributed by atoms with Gasteiger partial charge in [-0.3, -0.25) is 4.79 Å². The Morgan fingerprint density at radius 2 is 1.91 bits per heavy atom. The minimum Gasteiger partial charge on any atom is -0.423 e. The molecule has 0 saturated carbocycles. The van der Waals surface area contributed by atoms with Crippen LogP contribution in [0.4, 0.5) is 10.1 Å². The number of carbonyl (C=O) groups is 1. The van der Waals surface area contributed by atoms with Crippen molar-refractivity contribution in [2.45, 2.75) is 36.1 Å². The molecule has 1 aromatic heterocycles. The summed E-state index contributed by atoms with van der Waals surface area (Å²) in [7, 11) is -1.53. The van der Waals surface area contributed by atoms with E-state index in [1.165, 1.54) is 23.9 Å². The van der Waals surface area contributed by atoms with Gasteiger partial charge in [-0.15, -0.1) is 11.8 Å². The van der Waals surface area contributed by atoms with Crippen LogP contribution in [0.3, 0.4) is 0 Å². The average Bonchev–Trinajstić information content (AvgIpc) is 2.87. The Labute approximate surface area is 203 Å². The van der Waals surface area contributed by atoms with Crippen LogP contribution in [0.5, 0.6) is 0 Å². The highest BCUT2D eigenvalue weighted by molar-refractivity contribution is 7.98. The number of hydrogen-bond acceptors (Lipinski definition) is 6. The molecule has 0 spiro atoms. The Kier molecular flexibility index (Phi) is 8.34. The van der Waals surface area contributed by atoms with Crippen LogP contribution in [-0.2, 0) is 5.75 Å². The van der Waals surface area contributed by atoms with E-state index in [-0.39, 0.29) is 17.8 Å². The summed E-state index contributed by atoms with van der Waals surface area (Å²) in [5, 5.41) is 23.3. The van der Waals surface area contributed by atoms with Gasteiger partial charge in [-0.25, -0.2) is 9.37 Å². The van der Waals surface area contributed by atoms with Crippen LogP contribution in [0.1, 0.15) is 35.2 Å². The summed E-state index contributed by atoms with van der Waals surface area (Å²) in [6.07, 6.45) is 4.80. The minimum absolute atomic E-state index is 0.184. The van der Waals surface area contributed by atoms with Crippen molar-refractivity contribution < 1.29 is 19.2 Å². The molecule has 1 amide bonds. The molecular formula is C25H27BFN3O3S. The van der Waals surface area contributed by atoms with Crippen LogP contribution in [0.15, 0.2) is 71.9 Å². The van der Waals surface area contributed by atoms with Crippen molar-refractivity contribution in [3.63, 3.8) is 0 Å². The fourth-order valence-corrected chi connectivity index (χ4v) is 4.90. The number of rotatable bonds is 8. The zero-order valence-electron chi connectivity index (χ0n) is 18.7. The van der Waals surface area contributed by atoms with Gasteiger partial charge in [0.15, 0.2) is 0 Å². The van der Waals surface area contributed by atoms with E-state index in [1.54, 1.807) is 47.5 Å². The number of amides is 1. The Morgan fingerprint density at radius 1 is 1.12 bits per heavy atom. The lowest BCUT2D eigenvalue weighted by Crippen LogP contribution is -2.46. The van der Waals surface area contributed by atoms with E-state index in [1.807, 2.05) is 12.1 Å². The molecule has 0 radical (unpaired) electrons. The summed E-state index contributed by atoms with van der Waals surface area (Å²) in [6, 6.07) is 16.8. The van der Waals surface area contributed by atoms with Gasteiger partial charge in [0.1, 0.15) is 5.82 Å². The molecule has 4 rings (SSSR count). The van der Waals surface area contributed by atoms with Gasteiger partial charge in [-0.1, -0.05) is 30.7 Å². The van der Waals surface area contributed by atoms with Gasteiger partial charge < -0.3 is 20.3 Å². The number of piperidine rings is 1. The number of thioether (sulfide) groups is 1. The van der Waals surface area contributed by atoms with Crippen LogP contribution >= 0.6 is 11.8 Å². The fraction of sp³-hybridized carbons (Fsp3) is 0.280. The lowest BCUT2D eigenvalue weighted by molar-refractivity contribution is 0.0982. The number of pyridine rings is 1. The van der Waals surface area contributed by atoms with Crippen molar-refractivity contribution >= 4 is 35.9 Å². The van der Waals surface area contributed by atoms with E-state index in [0.29, 0.717) is 29.0 Å². The summed E-state index contributed by atoms with van der Waals surface area (Å²) < 4.78 is 13.5. The Bertz CT molecular complexity index is 1090. The normalized spacial score (nSPS) is 15.7. The molecule has 1 unspecified atom stereocenters. The van der Waals surface area contributed by atoms with Gasteiger partial charge in [0, 0.05) is 30.2 Å². The summed E-state index contributed by atoms with van der Waals surface area (Å²) in [5.41, 5.74) is 2.38. The van der Waals surface area contributed by atoms with Crippen LogP contribution in [0.2, 0.25) is 0 Å². The van der Waals surface area contributed by atoms with Gasteiger partial charge in [0.2, 0.25) is 0 Å². The third kappa shape index (κ3) is 6.24. The summed E-state index contributed by atoms with van der Waals surface area (Å²) in [6.45, 7) is 1.43. The Hall–Kier alpha value is -2.72. The van der Waals surface area contributed by atoms with E-state index in [4.69, 9.17) is 0 Å². The second kappa shape index (κ2) is 11.6. The topological polar surface area (TPSA) is 85.7 Å². The predicted molar refractivity (Wildman–Crippen MR) is 134 cm³/mol. The van der Waals surface area contributed by atoms with Crippen LogP contribution < -0.4 is 15.7 Å². The number of carbonyl (C=O) groups excluding carboxylic acids is 1. The van der Waals surface area contributed by atoms with Crippen LogP contribution in [0.25, 0.3) is 0 Å². The van der Waals surface area contributed by atoms with E-state index >= 15 is 0 Å². The van der Waals surface area contributed by atoms with Crippen LogP contribution in [-0.4, -0.2) is 47.2 Å². The van der Waals surface area contributed by atoms with E-state index < -0.39 is 7.12 Å². The zero-order valence-corrected chi connectivity index (χ0v) is 19.5. The molecule has 2 heterocycles. The average molecular weight is 479 g/mol. The van der Waals surface area contributed by atoms with E-state index in [9.17, 15) is 19.2 Å². The third-order valence-electron chi connectivity index (χ3n) is 5.89. The number of nitrogens with zero attached hydrogens (tertiary/aromatic N) is 2. The number of aromatic nitrogens is 1. The summed E-state index contributed by atoms with van der Waals surface area (Å²) in [5.74, 6) is -0.00887. The first-order valence-corrected chi connectivity index (χ1v) is 12.3. The number of nitrogens with one attached hydrogen (secondary N) is 1. The molecule has 1 fully saturated rings. The summed E-state index contributed by atoms with van der Waals surface area (Å²) >= 11 is 1.45. The maximum absolute atomic E-state index is 13.5. The molecule has 1 atom stereocenters.